The highest BCUT2D eigenvalue weighted by molar-refractivity contribution is 5.97. The molecule has 1 N–H and O–H groups in total. The number of hydrogen-bond acceptors (Lipinski definition) is 1. The summed E-state index contributed by atoms with van der Waals surface area (Å²) >= 11 is 0. The number of hydrogen-bond donors (Lipinski definition) is 1. The van der Waals surface area contributed by atoms with Crippen molar-refractivity contribution >= 4 is 12.0 Å². The van der Waals surface area contributed by atoms with Gasteiger partial charge in [-0.3, -0.25) is 4.79 Å². The van der Waals surface area contributed by atoms with Gasteiger partial charge < -0.3 is 5.32 Å². The topological polar surface area (TPSA) is 29.1 Å². The molecule has 2 aromatic rings. The maximum absolute atomic E-state index is 12.2. The Morgan fingerprint density at radius 3 is 2.32 bits per heavy atom. The molecule has 0 aromatic heterocycles. The summed E-state index contributed by atoms with van der Waals surface area (Å²) in [5.74, 6) is -0.0252. The van der Waals surface area contributed by atoms with Gasteiger partial charge in [-0.2, -0.15) is 0 Å². The molecule has 0 unspecified atom stereocenters. The minimum absolute atomic E-state index is 0.0252. The predicted molar refractivity (Wildman–Crippen MR) is 92.5 cm³/mol. The van der Waals surface area contributed by atoms with Gasteiger partial charge in [0, 0.05) is 12.1 Å². The Hall–Kier alpha value is -2.35. The van der Waals surface area contributed by atoms with Crippen molar-refractivity contribution in [2.45, 2.75) is 33.7 Å². The molecule has 2 nitrogen and oxygen atoms in total. The Bertz CT molecular complexity index is 668. The van der Waals surface area contributed by atoms with Crippen molar-refractivity contribution in [2.24, 2.45) is 0 Å². The molecule has 2 heteroatoms. The van der Waals surface area contributed by atoms with Gasteiger partial charge in [-0.05, 0) is 48.6 Å². The zero-order valence-electron chi connectivity index (χ0n) is 13.5. The summed E-state index contributed by atoms with van der Waals surface area (Å²) in [6.07, 6.45) is 2.97. The first-order chi connectivity index (χ1) is 10.6. The molecule has 0 aliphatic heterocycles. The highest BCUT2D eigenvalue weighted by atomic mass is 16.1. The van der Waals surface area contributed by atoms with Crippen LogP contribution >= 0.6 is 0 Å². The molecule has 0 atom stereocenters. The second kappa shape index (κ2) is 7.60. The summed E-state index contributed by atoms with van der Waals surface area (Å²) in [6, 6.07) is 16.4. The Kier molecular flexibility index (Phi) is 5.54. The van der Waals surface area contributed by atoms with Gasteiger partial charge >= 0.3 is 0 Å². The van der Waals surface area contributed by atoms with E-state index >= 15 is 0 Å². The summed E-state index contributed by atoms with van der Waals surface area (Å²) in [4.78, 5) is 12.2. The predicted octanol–water partition coefficient (Wildman–Crippen LogP) is 4.28. The van der Waals surface area contributed by atoms with Crippen molar-refractivity contribution in [3.05, 3.63) is 76.4 Å². The molecule has 22 heavy (non-hydrogen) atoms. The molecule has 0 fully saturated rings. The number of benzene rings is 2. The van der Waals surface area contributed by atoms with Crippen molar-refractivity contribution in [1.29, 1.82) is 0 Å². The van der Waals surface area contributed by atoms with E-state index in [0.717, 1.165) is 23.1 Å². The van der Waals surface area contributed by atoms with E-state index in [0.29, 0.717) is 6.54 Å². The molecule has 2 rings (SSSR count). The molecule has 0 radical (unpaired) electrons. The highest BCUT2D eigenvalue weighted by Crippen LogP contribution is 2.12. The lowest BCUT2D eigenvalue weighted by molar-refractivity contribution is -0.117. The fourth-order valence-corrected chi connectivity index (χ4v) is 2.26. The van der Waals surface area contributed by atoms with Gasteiger partial charge in [-0.25, -0.2) is 0 Å². The number of amides is 1. The largest absolute Gasteiger partial charge is 0.348 e. The number of nitrogens with one attached hydrogen (secondary N) is 1. The molecule has 1 amide bonds. The van der Waals surface area contributed by atoms with Crippen LogP contribution in [-0.2, 0) is 17.8 Å². The third-order valence-electron chi connectivity index (χ3n) is 3.80. The lowest BCUT2D eigenvalue weighted by atomic mass is 10.1. The molecule has 0 spiro atoms. The Morgan fingerprint density at radius 1 is 1.05 bits per heavy atom. The van der Waals surface area contributed by atoms with Gasteiger partial charge in [0.25, 0.3) is 0 Å². The third-order valence-corrected chi connectivity index (χ3v) is 3.80. The van der Waals surface area contributed by atoms with E-state index in [1.54, 1.807) is 0 Å². The maximum Gasteiger partial charge on any atom is 0.247 e. The first-order valence-electron chi connectivity index (χ1n) is 7.70. The lowest BCUT2D eigenvalue weighted by Crippen LogP contribution is -2.23. The number of carbonyl (C=O) groups excluding carboxylic acids is 1. The van der Waals surface area contributed by atoms with Crippen LogP contribution in [0.5, 0.6) is 0 Å². The van der Waals surface area contributed by atoms with Gasteiger partial charge in [0.2, 0.25) is 5.91 Å². The van der Waals surface area contributed by atoms with Crippen molar-refractivity contribution in [3.8, 4) is 0 Å². The zero-order valence-corrected chi connectivity index (χ0v) is 13.5. The van der Waals surface area contributed by atoms with Crippen LogP contribution in [0, 0.1) is 6.92 Å². The average molecular weight is 293 g/mol. The summed E-state index contributed by atoms with van der Waals surface area (Å²) in [5.41, 5.74) is 5.41. The second-order valence-corrected chi connectivity index (χ2v) is 5.54. The highest BCUT2D eigenvalue weighted by Gasteiger charge is 2.05. The zero-order chi connectivity index (χ0) is 15.9. The van der Waals surface area contributed by atoms with E-state index < -0.39 is 0 Å². The van der Waals surface area contributed by atoms with Crippen LogP contribution in [-0.4, -0.2) is 5.91 Å². The molecule has 2 aromatic carbocycles. The number of rotatable bonds is 5. The normalized spacial score (nSPS) is 11.3. The number of aryl methyl sites for hydroxylation is 2. The van der Waals surface area contributed by atoms with Crippen molar-refractivity contribution in [3.63, 3.8) is 0 Å². The minimum atomic E-state index is -0.0252. The Labute approximate surface area is 132 Å². The first-order valence-corrected chi connectivity index (χ1v) is 7.70. The maximum atomic E-state index is 12.2. The van der Waals surface area contributed by atoms with Crippen molar-refractivity contribution < 1.29 is 4.79 Å². The van der Waals surface area contributed by atoms with Crippen LogP contribution in [0.4, 0.5) is 0 Å². The number of carbonyl (C=O) groups is 1. The minimum Gasteiger partial charge on any atom is -0.348 e. The lowest BCUT2D eigenvalue weighted by Gasteiger charge is -2.07. The van der Waals surface area contributed by atoms with E-state index in [1.807, 2.05) is 44.2 Å². The first kappa shape index (κ1) is 16.0. The molecule has 0 saturated heterocycles. The van der Waals surface area contributed by atoms with Gasteiger partial charge in [0.1, 0.15) is 0 Å². The van der Waals surface area contributed by atoms with E-state index in [4.69, 9.17) is 0 Å². The molecule has 0 aliphatic carbocycles. The van der Waals surface area contributed by atoms with Crippen LogP contribution in [0.25, 0.3) is 6.08 Å². The van der Waals surface area contributed by atoms with E-state index in [1.165, 1.54) is 11.1 Å². The van der Waals surface area contributed by atoms with Gasteiger partial charge in [0.05, 0.1) is 0 Å². The fourth-order valence-electron chi connectivity index (χ4n) is 2.26. The van der Waals surface area contributed by atoms with E-state index in [2.05, 4.69) is 36.5 Å². The van der Waals surface area contributed by atoms with Gasteiger partial charge in [-0.1, -0.05) is 55.5 Å². The molecule has 0 heterocycles. The monoisotopic (exact) mass is 293 g/mol. The molecule has 0 bridgehead atoms. The van der Waals surface area contributed by atoms with Crippen LogP contribution in [0.15, 0.2) is 54.1 Å². The van der Waals surface area contributed by atoms with Crippen LogP contribution in [0.1, 0.15) is 36.1 Å². The van der Waals surface area contributed by atoms with Gasteiger partial charge in [0.15, 0.2) is 0 Å². The van der Waals surface area contributed by atoms with Crippen LogP contribution in [0.2, 0.25) is 0 Å². The van der Waals surface area contributed by atoms with Crippen LogP contribution in [0.3, 0.4) is 0 Å². The second-order valence-electron chi connectivity index (χ2n) is 5.54. The van der Waals surface area contributed by atoms with Gasteiger partial charge in [-0.15, -0.1) is 0 Å². The Morgan fingerprint density at radius 2 is 1.68 bits per heavy atom. The van der Waals surface area contributed by atoms with Crippen molar-refractivity contribution in [2.75, 3.05) is 0 Å². The summed E-state index contributed by atoms with van der Waals surface area (Å²) in [7, 11) is 0. The summed E-state index contributed by atoms with van der Waals surface area (Å²) in [6.45, 7) is 6.59. The smallest absolute Gasteiger partial charge is 0.247 e. The fraction of sp³-hybridized carbons (Fsp3) is 0.250. The SMILES string of the molecule is CCc1ccc(CNC(=O)/C(C)=C/c2ccccc2C)cc1. The Balaban J connectivity index is 1.97. The van der Waals surface area contributed by atoms with Crippen molar-refractivity contribution in [1.82, 2.24) is 5.32 Å². The van der Waals surface area contributed by atoms with E-state index in [9.17, 15) is 4.79 Å². The molecular formula is C20H23NO. The molecule has 114 valence electrons. The third kappa shape index (κ3) is 4.32. The molecule has 0 aliphatic rings. The molecule has 0 saturated carbocycles. The van der Waals surface area contributed by atoms with E-state index in [-0.39, 0.29) is 5.91 Å². The summed E-state index contributed by atoms with van der Waals surface area (Å²) < 4.78 is 0. The standard InChI is InChI=1S/C20H23NO/c1-4-17-9-11-18(12-10-17)14-21-20(22)16(3)13-19-8-6-5-7-15(19)2/h5-13H,4,14H2,1-3H3,(H,21,22)/b16-13+. The molecular weight excluding hydrogens is 270 g/mol. The van der Waals surface area contributed by atoms with Crippen LogP contribution < -0.4 is 5.32 Å². The summed E-state index contributed by atoms with van der Waals surface area (Å²) in [5, 5.41) is 2.97. The quantitative estimate of drug-likeness (QED) is 0.819. The average Bonchev–Trinajstić information content (AvgIpc) is 2.55.